The van der Waals surface area contributed by atoms with Crippen molar-refractivity contribution in [1.82, 2.24) is 4.90 Å². The van der Waals surface area contributed by atoms with Gasteiger partial charge in [-0.15, -0.1) is 0 Å². The van der Waals surface area contributed by atoms with Gasteiger partial charge < -0.3 is 10.0 Å². The fourth-order valence-electron chi connectivity index (χ4n) is 2.58. The summed E-state index contributed by atoms with van der Waals surface area (Å²) < 4.78 is 14.4. The summed E-state index contributed by atoms with van der Waals surface area (Å²) in [7, 11) is 0. The molecule has 1 aliphatic rings. The smallest absolute Gasteiger partial charge is 0.303 e. The molecule has 0 unspecified atom stereocenters. The van der Waals surface area contributed by atoms with Crippen LogP contribution >= 0.6 is 15.9 Å². The van der Waals surface area contributed by atoms with Crippen LogP contribution < -0.4 is 0 Å². The predicted octanol–water partition coefficient (Wildman–Crippen LogP) is 3.31. The van der Waals surface area contributed by atoms with Crippen molar-refractivity contribution in [3.8, 4) is 0 Å². The standard InChI is InChI=1S/C15H17BrFNO3/c16-11-2-3-13(17)12(9-11)15(21)18-7-5-10(6-8-18)1-4-14(19)20/h2-3,9-10H,1,4-8H2,(H,19,20). The maximum Gasteiger partial charge on any atom is 0.303 e. The van der Waals surface area contributed by atoms with E-state index < -0.39 is 11.8 Å². The molecule has 0 spiro atoms. The summed E-state index contributed by atoms with van der Waals surface area (Å²) >= 11 is 3.24. The predicted molar refractivity (Wildman–Crippen MR) is 79.6 cm³/mol. The van der Waals surface area contributed by atoms with Crippen molar-refractivity contribution in [1.29, 1.82) is 0 Å². The third-order valence-corrected chi connectivity index (χ3v) is 4.32. The van der Waals surface area contributed by atoms with E-state index in [1.165, 1.54) is 12.1 Å². The molecule has 0 radical (unpaired) electrons. The topological polar surface area (TPSA) is 57.6 Å². The number of carbonyl (C=O) groups excluding carboxylic acids is 1. The van der Waals surface area contributed by atoms with E-state index in [1.807, 2.05) is 0 Å². The average Bonchev–Trinajstić information content (AvgIpc) is 2.47. The van der Waals surface area contributed by atoms with E-state index in [2.05, 4.69) is 15.9 Å². The van der Waals surface area contributed by atoms with E-state index in [9.17, 15) is 14.0 Å². The molecule has 0 aromatic heterocycles. The van der Waals surface area contributed by atoms with E-state index in [1.54, 1.807) is 11.0 Å². The number of halogens is 2. The Hall–Kier alpha value is -1.43. The van der Waals surface area contributed by atoms with E-state index in [-0.39, 0.29) is 17.9 Å². The second-order valence-electron chi connectivity index (χ2n) is 5.29. The van der Waals surface area contributed by atoms with Gasteiger partial charge in [0.05, 0.1) is 5.56 Å². The van der Waals surface area contributed by atoms with Gasteiger partial charge in [-0.2, -0.15) is 0 Å². The van der Waals surface area contributed by atoms with Gasteiger partial charge in [-0.1, -0.05) is 15.9 Å². The number of hydrogen-bond acceptors (Lipinski definition) is 2. The second kappa shape index (κ2) is 7.02. The van der Waals surface area contributed by atoms with Crippen LogP contribution in [0.15, 0.2) is 22.7 Å². The normalized spacial score (nSPS) is 16.0. The molecule has 6 heteroatoms. The molecule has 0 bridgehead atoms. The minimum absolute atomic E-state index is 0.0772. The van der Waals surface area contributed by atoms with Crippen LogP contribution in [0.1, 0.15) is 36.0 Å². The van der Waals surface area contributed by atoms with Crippen molar-refractivity contribution in [2.75, 3.05) is 13.1 Å². The quantitative estimate of drug-likeness (QED) is 0.899. The maximum absolute atomic E-state index is 13.7. The highest BCUT2D eigenvalue weighted by Crippen LogP contribution is 2.24. The SMILES string of the molecule is O=C(O)CCC1CCN(C(=O)c2cc(Br)ccc2F)CC1. The minimum atomic E-state index is -0.787. The number of rotatable bonds is 4. The highest BCUT2D eigenvalue weighted by atomic mass is 79.9. The highest BCUT2D eigenvalue weighted by Gasteiger charge is 2.25. The zero-order valence-electron chi connectivity index (χ0n) is 11.5. The summed E-state index contributed by atoms with van der Waals surface area (Å²) in [6.07, 6.45) is 2.35. The Morgan fingerprint density at radius 2 is 2.00 bits per heavy atom. The molecule has 2 rings (SSSR count). The summed E-state index contributed by atoms with van der Waals surface area (Å²) in [5.41, 5.74) is 0.0772. The molecule has 0 atom stereocenters. The lowest BCUT2D eigenvalue weighted by Gasteiger charge is -2.32. The molecular formula is C15H17BrFNO3. The zero-order valence-corrected chi connectivity index (χ0v) is 13.1. The zero-order chi connectivity index (χ0) is 15.4. The van der Waals surface area contributed by atoms with Gasteiger partial charge in [-0.05, 0) is 43.4 Å². The summed E-state index contributed by atoms with van der Waals surface area (Å²) in [5.74, 6) is -1.27. The number of carbonyl (C=O) groups is 2. The monoisotopic (exact) mass is 357 g/mol. The van der Waals surface area contributed by atoms with Gasteiger partial charge in [0.25, 0.3) is 5.91 Å². The Kier molecular flexibility index (Phi) is 5.33. The number of piperidine rings is 1. The first-order valence-electron chi connectivity index (χ1n) is 6.93. The Morgan fingerprint density at radius 3 is 2.62 bits per heavy atom. The Morgan fingerprint density at radius 1 is 1.33 bits per heavy atom. The lowest BCUT2D eigenvalue weighted by molar-refractivity contribution is -0.137. The number of nitrogens with zero attached hydrogens (tertiary/aromatic N) is 1. The number of carboxylic acids is 1. The van der Waals surface area contributed by atoms with Crippen LogP contribution in [0.5, 0.6) is 0 Å². The fourth-order valence-corrected chi connectivity index (χ4v) is 2.95. The molecule has 1 fully saturated rings. The van der Waals surface area contributed by atoms with E-state index in [4.69, 9.17) is 5.11 Å². The molecule has 1 N–H and O–H groups in total. The van der Waals surface area contributed by atoms with Gasteiger partial charge in [0.1, 0.15) is 5.82 Å². The first-order valence-corrected chi connectivity index (χ1v) is 7.73. The molecule has 1 aromatic carbocycles. The van der Waals surface area contributed by atoms with E-state index >= 15 is 0 Å². The van der Waals surface area contributed by atoms with Crippen LogP contribution in [0.2, 0.25) is 0 Å². The van der Waals surface area contributed by atoms with Gasteiger partial charge in [-0.3, -0.25) is 9.59 Å². The van der Waals surface area contributed by atoms with Gasteiger partial charge in [0, 0.05) is 24.0 Å². The lowest BCUT2D eigenvalue weighted by Crippen LogP contribution is -2.39. The second-order valence-corrected chi connectivity index (χ2v) is 6.21. The third kappa shape index (κ3) is 4.27. The summed E-state index contributed by atoms with van der Waals surface area (Å²) in [6, 6.07) is 4.33. The number of carboxylic acid groups (broad SMARTS) is 1. The molecule has 21 heavy (non-hydrogen) atoms. The van der Waals surface area contributed by atoms with E-state index in [0.29, 0.717) is 29.9 Å². The number of amides is 1. The largest absolute Gasteiger partial charge is 0.481 e. The van der Waals surface area contributed by atoms with Crippen molar-refractivity contribution in [2.24, 2.45) is 5.92 Å². The number of likely N-dealkylation sites (tertiary alicyclic amines) is 1. The van der Waals surface area contributed by atoms with Gasteiger partial charge in [0.2, 0.25) is 0 Å². The molecular weight excluding hydrogens is 341 g/mol. The molecule has 0 aliphatic carbocycles. The van der Waals surface area contributed by atoms with Crippen LogP contribution in [0.3, 0.4) is 0 Å². The molecule has 114 valence electrons. The number of benzene rings is 1. The first-order chi connectivity index (χ1) is 9.97. The number of hydrogen-bond donors (Lipinski definition) is 1. The average molecular weight is 358 g/mol. The fraction of sp³-hybridized carbons (Fsp3) is 0.467. The maximum atomic E-state index is 13.7. The molecule has 4 nitrogen and oxygen atoms in total. The summed E-state index contributed by atoms with van der Waals surface area (Å²) in [6.45, 7) is 1.10. The minimum Gasteiger partial charge on any atom is -0.481 e. The van der Waals surface area contributed by atoms with Gasteiger partial charge in [-0.25, -0.2) is 4.39 Å². The molecule has 1 saturated heterocycles. The molecule has 1 aromatic rings. The van der Waals surface area contributed by atoms with Crippen molar-refractivity contribution in [2.45, 2.75) is 25.7 Å². The van der Waals surface area contributed by atoms with Crippen LogP contribution in [0, 0.1) is 11.7 Å². The van der Waals surface area contributed by atoms with Crippen molar-refractivity contribution >= 4 is 27.8 Å². The Labute approximate surface area is 131 Å². The Balaban J connectivity index is 1.94. The molecule has 1 amide bonds. The van der Waals surface area contributed by atoms with Crippen LogP contribution in [-0.2, 0) is 4.79 Å². The third-order valence-electron chi connectivity index (χ3n) is 3.83. The summed E-state index contributed by atoms with van der Waals surface area (Å²) in [4.78, 5) is 24.5. The van der Waals surface area contributed by atoms with Crippen molar-refractivity contribution < 1.29 is 19.1 Å². The number of aliphatic carboxylic acids is 1. The molecule has 0 saturated carbocycles. The van der Waals surface area contributed by atoms with Crippen molar-refractivity contribution in [3.05, 3.63) is 34.1 Å². The van der Waals surface area contributed by atoms with Crippen LogP contribution in [-0.4, -0.2) is 35.0 Å². The van der Waals surface area contributed by atoms with Crippen LogP contribution in [0.4, 0.5) is 4.39 Å². The molecule has 1 heterocycles. The lowest BCUT2D eigenvalue weighted by atomic mass is 9.92. The van der Waals surface area contributed by atoms with Gasteiger partial charge >= 0.3 is 5.97 Å². The van der Waals surface area contributed by atoms with Crippen molar-refractivity contribution in [3.63, 3.8) is 0 Å². The summed E-state index contributed by atoms with van der Waals surface area (Å²) in [5, 5.41) is 8.68. The van der Waals surface area contributed by atoms with E-state index in [0.717, 1.165) is 12.8 Å². The van der Waals surface area contributed by atoms with Gasteiger partial charge in [0.15, 0.2) is 0 Å². The highest BCUT2D eigenvalue weighted by molar-refractivity contribution is 9.10. The van der Waals surface area contributed by atoms with Crippen LogP contribution in [0.25, 0.3) is 0 Å². The Bertz CT molecular complexity index is 542. The molecule has 1 aliphatic heterocycles. The first kappa shape index (κ1) is 15.9.